The van der Waals surface area contributed by atoms with Crippen LogP contribution in [0.25, 0.3) is 0 Å². The number of nitrogens with two attached hydrogens (primary N) is 1. The summed E-state index contributed by atoms with van der Waals surface area (Å²) in [7, 11) is 0. The SMILES string of the molecule is CCCC(CCC)(C(=O)NCC(=O)NCC)C(N)=S. The van der Waals surface area contributed by atoms with Gasteiger partial charge in [0, 0.05) is 6.54 Å². The second-order valence-corrected chi connectivity index (χ2v) is 5.02. The van der Waals surface area contributed by atoms with Gasteiger partial charge in [0.15, 0.2) is 0 Å². The topological polar surface area (TPSA) is 84.2 Å². The molecule has 4 N–H and O–H groups in total. The van der Waals surface area contributed by atoms with Crippen molar-refractivity contribution in [1.82, 2.24) is 10.6 Å². The molecule has 5 nitrogen and oxygen atoms in total. The third-order valence-corrected chi connectivity index (χ3v) is 3.43. The zero-order valence-corrected chi connectivity index (χ0v) is 12.9. The molecule has 0 aliphatic carbocycles. The zero-order chi connectivity index (χ0) is 14.9. The summed E-state index contributed by atoms with van der Waals surface area (Å²) in [5.41, 5.74) is 4.95. The lowest BCUT2D eigenvalue weighted by molar-refractivity contribution is -0.131. The predicted octanol–water partition coefficient (Wildman–Crippen LogP) is 1.11. The molecule has 110 valence electrons. The van der Waals surface area contributed by atoms with Gasteiger partial charge in [-0.15, -0.1) is 0 Å². The zero-order valence-electron chi connectivity index (χ0n) is 12.0. The van der Waals surface area contributed by atoms with Crippen LogP contribution in [0.3, 0.4) is 0 Å². The highest BCUT2D eigenvalue weighted by Crippen LogP contribution is 2.30. The van der Waals surface area contributed by atoms with E-state index in [4.69, 9.17) is 18.0 Å². The fourth-order valence-electron chi connectivity index (χ4n) is 2.15. The van der Waals surface area contributed by atoms with Gasteiger partial charge in [0.25, 0.3) is 0 Å². The Labute approximate surface area is 120 Å². The summed E-state index contributed by atoms with van der Waals surface area (Å²) in [6, 6.07) is 0. The summed E-state index contributed by atoms with van der Waals surface area (Å²) in [4.78, 5) is 23.9. The molecule has 0 saturated carbocycles. The van der Waals surface area contributed by atoms with Crippen LogP contribution in [0.5, 0.6) is 0 Å². The van der Waals surface area contributed by atoms with E-state index in [2.05, 4.69) is 10.6 Å². The Hall–Kier alpha value is -1.17. The number of carbonyl (C=O) groups excluding carboxylic acids is 2. The van der Waals surface area contributed by atoms with Gasteiger partial charge in [-0.25, -0.2) is 0 Å². The minimum absolute atomic E-state index is 0.0372. The Bertz CT molecular complexity index is 326. The number of nitrogens with one attached hydrogen (secondary N) is 2. The Morgan fingerprint density at radius 1 is 1.11 bits per heavy atom. The fourth-order valence-corrected chi connectivity index (χ4v) is 2.45. The van der Waals surface area contributed by atoms with Gasteiger partial charge in [0.05, 0.1) is 16.9 Å². The van der Waals surface area contributed by atoms with E-state index in [9.17, 15) is 9.59 Å². The van der Waals surface area contributed by atoms with Crippen molar-refractivity contribution < 1.29 is 9.59 Å². The van der Waals surface area contributed by atoms with Gasteiger partial charge in [-0.3, -0.25) is 9.59 Å². The molecular weight excluding hydrogens is 262 g/mol. The van der Waals surface area contributed by atoms with Crippen LogP contribution in [0.4, 0.5) is 0 Å². The minimum Gasteiger partial charge on any atom is -0.392 e. The summed E-state index contributed by atoms with van der Waals surface area (Å²) < 4.78 is 0. The lowest BCUT2D eigenvalue weighted by atomic mass is 9.78. The van der Waals surface area contributed by atoms with Crippen LogP contribution in [0.15, 0.2) is 0 Å². The maximum Gasteiger partial charge on any atom is 0.239 e. The first kappa shape index (κ1) is 17.8. The molecule has 6 heteroatoms. The average Bonchev–Trinajstić information content (AvgIpc) is 2.35. The monoisotopic (exact) mass is 287 g/mol. The number of amides is 2. The van der Waals surface area contributed by atoms with E-state index in [1.165, 1.54) is 0 Å². The summed E-state index contributed by atoms with van der Waals surface area (Å²) in [6.45, 7) is 6.30. The molecule has 0 aliphatic rings. The van der Waals surface area contributed by atoms with Gasteiger partial charge in [-0.05, 0) is 19.8 Å². The van der Waals surface area contributed by atoms with Crippen molar-refractivity contribution in [2.75, 3.05) is 13.1 Å². The molecule has 0 fully saturated rings. The van der Waals surface area contributed by atoms with Crippen molar-refractivity contribution >= 4 is 29.0 Å². The molecule has 0 aromatic carbocycles. The number of hydrogen-bond acceptors (Lipinski definition) is 3. The molecule has 2 amide bonds. The summed E-state index contributed by atoms with van der Waals surface area (Å²) in [5.74, 6) is -0.448. The molecule has 0 aromatic rings. The standard InChI is InChI=1S/C13H25N3O2S/c1-4-7-13(8-5-2,11(14)19)12(18)16-9-10(17)15-6-3/h4-9H2,1-3H3,(H2,14,19)(H,15,17)(H,16,18). The molecule has 0 atom stereocenters. The van der Waals surface area contributed by atoms with Gasteiger partial charge in [-0.2, -0.15) is 0 Å². The smallest absolute Gasteiger partial charge is 0.239 e. The highest BCUT2D eigenvalue weighted by molar-refractivity contribution is 7.80. The van der Waals surface area contributed by atoms with Crippen molar-refractivity contribution in [1.29, 1.82) is 0 Å². The van der Waals surface area contributed by atoms with Crippen LogP contribution in [0, 0.1) is 5.41 Å². The van der Waals surface area contributed by atoms with Crippen molar-refractivity contribution in [3.8, 4) is 0 Å². The van der Waals surface area contributed by atoms with Crippen molar-refractivity contribution in [2.24, 2.45) is 11.1 Å². The maximum absolute atomic E-state index is 12.3. The molecule has 0 unspecified atom stereocenters. The van der Waals surface area contributed by atoms with E-state index in [1.807, 2.05) is 20.8 Å². The molecule has 0 rings (SSSR count). The van der Waals surface area contributed by atoms with Crippen molar-refractivity contribution in [2.45, 2.75) is 46.5 Å². The van der Waals surface area contributed by atoms with Gasteiger partial charge >= 0.3 is 0 Å². The van der Waals surface area contributed by atoms with Crippen LogP contribution < -0.4 is 16.4 Å². The van der Waals surface area contributed by atoms with Crippen LogP contribution in [-0.4, -0.2) is 29.9 Å². The maximum atomic E-state index is 12.3. The molecule has 0 saturated heterocycles. The second kappa shape index (κ2) is 8.85. The first-order valence-corrected chi connectivity index (χ1v) is 7.20. The van der Waals surface area contributed by atoms with Crippen LogP contribution in [0.2, 0.25) is 0 Å². The van der Waals surface area contributed by atoms with Gasteiger partial charge in [-0.1, -0.05) is 38.9 Å². The largest absolute Gasteiger partial charge is 0.392 e. The van der Waals surface area contributed by atoms with Crippen LogP contribution in [0.1, 0.15) is 46.5 Å². The average molecular weight is 287 g/mol. The quantitative estimate of drug-likeness (QED) is 0.555. The van der Waals surface area contributed by atoms with E-state index >= 15 is 0 Å². The molecular formula is C13H25N3O2S. The normalized spacial score (nSPS) is 10.9. The third kappa shape index (κ3) is 5.14. The number of thiocarbonyl (C=S) groups is 1. The number of rotatable bonds is 9. The molecule has 0 radical (unpaired) electrons. The number of hydrogen-bond donors (Lipinski definition) is 3. The minimum atomic E-state index is -0.828. The lowest BCUT2D eigenvalue weighted by Crippen LogP contribution is -2.51. The molecule has 0 aromatic heterocycles. The van der Waals surface area contributed by atoms with Crippen LogP contribution in [-0.2, 0) is 9.59 Å². The summed E-state index contributed by atoms with van der Waals surface area (Å²) in [5, 5.41) is 5.27. The molecule has 0 heterocycles. The highest BCUT2D eigenvalue weighted by Gasteiger charge is 2.39. The molecule has 0 aliphatic heterocycles. The van der Waals surface area contributed by atoms with Crippen molar-refractivity contribution in [3.05, 3.63) is 0 Å². The first-order valence-electron chi connectivity index (χ1n) is 6.79. The second-order valence-electron chi connectivity index (χ2n) is 4.58. The number of likely N-dealkylation sites (N-methyl/N-ethyl adjacent to an activating group) is 1. The van der Waals surface area contributed by atoms with E-state index in [0.29, 0.717) is 19.4 Å². The van der Waals surface area contributed by atoms with E-state index < -0.39 is 5.41 Å². The van der Waals surface area contributed by atoms with Crippen LogP contribution >= 0.6 is 12.2 Å². The van der Waals surface area contributed by atoms with E-state index in [-0.39, 0.29) is 23.3 Å². The molecule has 0 bridgehead atoms. The Kier molecular flexibility index (Phi) is 8.30. The predicted molar refractivity (Wildman–Crippen MR) is 80.7 cm³/mol. The lowest BCUT2D eigenvalue weighted by Gasteiger charge is -2.30. The van der Waals surface area contributed by atoms with Gasteiger partial charge < -0.3 is 16.4 Å². The Balaban J connectivity index is 4.80. The molecule has 19 heavy (non-hydrogen) atoms. The summed E-state index contributed by atoms with van der Waals surface area (Å²) >= 11 is 5.08. The van der Waals surface area contributed by atoms with Gasteiger partial charge in [0.1, 0.15) is 0 Å². The Morgan fingerprint density at radius 2 is 1.63 bits per heavy atom. The summed E-state index contributed by atoms with van der Waals surface area (Å²) in [6.07, 6.45) is 2.84. The van der Waals surface area contributed by atoms with E-state index in [1.54, 1.807) is 0 Å². The van der Waals surface area contributed by atoms with Gasteiger partial charge in [0.2, 0.25) is 11.8 Å². The number of carbonyl (C=O) groups is 2. The Morgan fingerprint density at radius 3 is 2.00 bits per heavy atom. The third-order valence-electron chi connectivity index (χ3n) is 3.04. The fraction of sp³-hybridized carbons (Fsp3) is 0.769. The highest BCUT2D eigenvalue weighted by atomic mass is 32.1. The molecule has 0 spiro atoms. The van der Waals surface area contributed by atoms with Crippen molar-refractivity contribution in [3.63, 3.8) is 0 Å². The van der Waals surface area contributed by atoms with E-state index in [0.717, 1.165) is 12.8 Å². The first-order chi connectivity index (χ1) is 8.94.